The van der Waals surface area contributed by atoms with Crippen LogP contribution in [-0.2, 0) is 0 Å². The fourth-order valence-electron chi connectivity index (χ4n) is 1.06. The fraction of sp³-hybridized carbons (Fsp3) is 0.833. The van der Waals surface area contributed by atoms with Gasteiger partial charge in [0.05, 0.1) is 0 Å². The number of hydrogen-bond acceptors (Lipinski definition) is 2. The van der Waals surface area contributed by atoms with Gasteiger partial charge in [-0.15, -0.1) is 0 Å². The lowest BCUT2D eigenvalue weighted by Gasteiger charge is -2.45. The second-order valence-electron chi connectivity index (χ2n) is 2.47. The third kappa shape index (κ3) is 0.565. The highest BCUT2D eigenvalue weighted by Gasteiger charge is 2.25. The highest BCUT2D eigenvalue weighted by Crippen LogP contribution is 2.15. The Kier molecular flexibility index (Phi) is 1.02. The first-order chi connectivity index (χ1) is 3.97. The summed E-state index contributed by atoms with van der Waals surface area (Å²) in [5.74, 6) is 0. The predicted octanol–water partition coefficient (Wildman–Crippen LogP) is 0.127. The smallest absolute Gasteiger partial charge is 0.0178 e. The van der Waals surface area contributed by atoms with Crippen molar-refractivity contribution in [1.82, 2.24) is 10.0 Å². The second kappa shape index (κ2) is 1.71. The second-order valence-corrected chi connectivity index (χ2v) is 2.47. The van der Waals surface area contributed by atoms with Gasteiger partial charge in [0.2, 0.25) is 0 Å². The van der Waals surface area contributed by atoms with Gasteiger partial charge in [-0.05, 0) is 12.8 Å². The molecule has 1 radical (unpaired) electrons. The largest absolute Gasteiger partial charge is 0.242 e. The summed E-state index contributed by atoms with van der Waals surface area (Å²) in [5, 5.41) is 4.81. The molecule has 0 aromatic heterocycles. The van der Waals surface area contributed by atoms with Gasteiger partial charge in [0.1, 0.15) is 0 Å². The van der Waals surface area contributed by atoms with Crippen LogP contribution in [0.2, 0.25) is 0 Å². The molecule has 0 N–H and O–H groups in total. The van der Waals surface area contributed by atoms with Gasteiger partial charge in [0.25, 0.3) is 0 Å². The van der Waals surface area contributed by atoms with Crippen LogP contribution in [0.4, 0.5) is 0 Å². The SMILES string of the molecule is [CH]1CN(N2CCC2)C1. The van der Waals surface area contributed by atoms with Gasteiger partial charge in [0.15, 0.2) is 0 Å². The molecule has 2 aliphatic rings. The van der Waals surface area contributed by atoms with E-state index in [2.05, 4.69) is 16.4 Å². The van der Waals surface area contributed by atoms with Gasteiger partial charge in [-0.25, -0.2) is 10.0 Å². The topological polar surface area (TPSA) is 6.48 Å². The van der Waals surface area contributed by atoms with Crippen LogP contribution >= 0.6 is 0 Å². The zero-order valence-electron chi connectivity index (χ0n) is 5.01. The summed E-state index contributed by atoms with van der Waals surface area (Å²) < 4.78 is 0. The molecule has 0 aromatic carbocycles. The maximum atomic E-state index is 2.42. The lowest BCUT2D eigenvalue weighted by molar-refractivity contribution is -0.0889. The summed E-state index contributed by atoms with van der Waals surface area (Å²) in [6, 6.07) is 0. The third-order valence-electron chi connectivity index (χ3n) is 1.91. The molecule has 0 bridgehead atoms. The van der Waals surface area contributed by atoms with Crippen LogP contribution in [-0.4, -0.2) is 36.2 Å². The fourth-order valence-corrected chi connectivity index (χ4v) is 1.06. The van der Waals surface area contributed by atoms with Crippen molar-refractivity contribution in [1.29, 1.82) is 0 Å². The highest BCUT2D eigenvalue weighted by molar-refractivity contribution is 4.86. The quantitative estimate of drug-likeness (QED) is 0.474. The normalized spacial score (nSPS) is 31.5. The number of hydrazine groups is 1. The molecule has 2 aliphatic heterocycles. The van der Waals surface area contributed by atoms with Crippen LogP contribution in [0.15, 0.2) is 0 Å². The Morgan fingerprint density at radius 3 is 1.88 bits per heavy atom. The van der Waals surface area contributed by atoms with Gasteiger partial charge >= 0.3 is 0 Å². The molecule has 0 aromatic rings. The summed E-state index contributed by atoms with van der Waals surface area (Å²) in [6.45, 7) is 4.99. The molecule has 0 unspecified atom stereocenters. The van der Waals surface area contributed by atoms with Gasteiger partial charge in [-0.2, -0.15) is 0 Å². The van der Waals surface area contributed by atoms with Crippen LogP contribution in [0.25, 0.3) is 0 Å². The Balaban J connectivity index is 1.79. The Bertz CT molecular complexity index is 72.5. The molecule has 8 heavy (non-hydrogen) atoms. The van der Waals surface area contributed by atoms with Crippen molar-refractivity contribution in [3.05, 3.63) is 6.42 Å². The zero-order valence-corrected chi connectivity index (χ0v) is 5.01. The van der Waals surface area contributed by atoms with Crippen molar-refractivity contribution < 1.29 is 0 Å². The van der Waals surface area contributed by atoms with E-state index in [9.17, 15) is 0 Å². The van der Waals surface area contributed by atoms with E-state index in [1.165, 1.54) is 32.6 Å². The summed E-state index contributed by atoms with van der Waals surface area (Å²) >= 11 is 0. The molecular formula is C6H11N2. The molecule has 0 spiro atoms. The number of rotatable bonds is 1. The van der Waals surface area contributed by atoms with Crippen molar-refractivity contribution in [2.24, 2.45) is 0 Å². The van der Waals surface area contributed by atoms with E-state index in [4.69, 9.17) is 0 Å². The third-order valence-corrected chi connectivity index (χ3v) is 1.91. The van der Waals surface area contributed by atoms with Crippen molar-refractivity contribution in [2.45, 2.75) is 6.42 Å². The molecule has 2 fully saturated rings. The standard InChI is InChI=1S/C6H11N2/c1-3-7(4-1)8-5-2-6-8/h1H,2-6H2. The van der Waals surface area contributed by atoms with Gasteiger partial charge in [-0.1, -0.05) is 0 Å². The van der Waals surface area contributed by atoms with E-state index in [0.29, 0.717) is 0 Å². The predicted molar refractivity (Wildman–Crippen MR) is 32.1 cm³/mol. The van der Waals surface area contributed by atoms with Crippen LogP contribution in [0, 0.1) is 6.42 Å². The Morgan fingerprint density at radius 1 is 1.00 bits per heavy atom. The van der Waals surface area contributed by atoms with Crippen molar-refractivity contribution >= 4 is 0 Å². The molecule has 2 rings (SSSR count). The Morgan fingerprint density at radius 2 is 1.75 bits per heavy atom. The van der Waals surface area contributed by atoms with E-state index in [1.54, 1.807) is 0 Å². The first kappa shape index (κ1) is 4.77. The van der Waals surface area contributed by atoms with E-state index in [-0.39, 0.29) is 0 Å². The Hall–Kier alpha value is -0.0800. The first-order valence-corrected chi connectivity index (χ1v) is 3.28. The zero-order chi connectivity index (χ0) is 5.40. The maximum Gasteiger partial charge on any atom is 0.0178 e. The lowest BCUT2D eigenvalue weighted by Crippen LogP contribution is -2.56. The number of nitrogens with zero attached hydrogens (tertiary/aromatic N) is 2. The van der Waals surface area contributed by atoms with E-state index in [0.717, 1.165) is 0 Å². The monoisotopic (exact) mass is 111 g/mol. The van der Waals surface area contributed by atoms with Crippen LogP contribution < -0.4 is 0 Å². The van der Waals surface area contributed by atoms with Gasteiger partial charge in [-0.3, -0.25) is 0 Å². The summed E-state index contributed by atoms with van der Waals surface area (Å²) in [5.41, 5.74) is 0. The molecule has 45 valence electrons. The molecule has 2 heteroatoms. The van der Waals surface area contributed by atoms with E-state index in [1.807, 2.05) is 0 Å². The molecule has 2 heterocycles. The van der Waals surface area contributed by atoms with Crippen molar-refractivity contribution in [3.63, 3.8) is 0 Å². The lowest BCUT2D eigenvalue weighted by atomic mass is 10.2. The number of hydrogen-bond donors (Lipinski definition) is 0. The van der Waals surface area contributed by atoms with Crippen LogP contribution in [0.5, 0.6) is 0 Å². The highest BCUT2D eigenvalue weighted by atomic mass is 15.7. The molecule has 0 amide bonds. The summed E-state index contributed by atoms with van der Waals surface area (Å²) in [4.78, 5) is 0. The van der Waals surface area contributed by atoms with Crippen LogP contribution in [0.3, 0.4) is 0 Å². The van der Waals surface area contributed by atoms with E-state index < -0.39 is 0 Å². The van der Waals surface area contributed by atoms with Crippen molar-refractivity contribution in [2.75, 3.05) is 26.2 Å². The minimum absolute atomic E-state index is 1.19. The molecule has 0 saturated carbocycles. The summed E-state index contributed by atoms with van der Waals surface area (Å²) in [6.07, 6.45) is 3.70. The Labute approximate surface area is 50.0 Å². The summed E-state index contributed by atoms with van der Waals surface area (Å²) in [7, 11) is 0. The van der Waals surface area contributed by atoms with E-state index >= 15 is 0 Å². The molecular weight excluding hydrogens is 100 g/mol. The molecule has 2 nitrogen and oxygen atoms in total. The average Bonchev–Trinajstić information content (AvgIpc) is 1.47. The molecule has 0 aliphatic carbocycles. The maximum absolute atomic E-state index is 2.42. The molecule has 0 atom stereocenters. The van der Waals surface area contributed by atoms with Gasteiger partial charge < -0.3 is 0 Å². The van der Waals surface area contributed by atoms with Crippen molar-refractivity contribution in [3.8, 4) is 0 Å². The minimum Gasteiger partial charge on any atom is -0.242 e. The minimum atomic E-state index is 1.19. The average molecular weight is 111 g/mol. The first-order valence-electron chi connectivity index (χ1n) is 3.28. The van der Waals surface area contributed by atoms with Gasteiger partial charge in [0, 0.05) is 26.2 Å². The molecule has 2 saturated heterocycles. The van der Waals surface area contributed by atoms with Crippen LogP contribution in [0.1, 0.15) is 6.42 Å².